The topological polar surface area (TPSA) is 47.6 Å². The van der Waals surface area contributed by atoms with Gasteiger partial charge in [0.1, 0.15) is 12.4 Å². The van der Waals surface area contributed by atoms with E-state index in [1.165, 1.54) is 0 Å². The lowest BCUT2D eigenvalue weighted by Crippen LogP contribution is -2.29. The van der Waals surface area contributed by atoms with E-state index >= 15 is 0 Å². The number of benzene rings is 2. The standard InChI is InChI=1S/C19H23NO3.ClH/c1-13(19(21)23-12-17-4-3-9-20-17)14-5-6-16-11-18(22-2)8-7-15(16)10-14;/h5-8,10-11,13,17,20H,3-4,9,12H2,1-2H3;1H. The van der Waals surface area contributed by atoms with Crippen molar-refractivity contribution in [3.05, 3.63) is 42.0 Å². The second-order valence-electron chi connectivity index (χ2n) is 6.12. The van der Waals surface area contributed by atoms with E-state index in [2.05, 4.69) is 11.4 Å². The molecule has 2 aromatic carbocycles. The van der Waals surface area contributed by atoms with Crippen LogP contribution in [0.2, 0.25) is 0 Å². The summed E-state index contributed by atoms with van der Waals surface area (Å²) in [5, 5.41) is 5.53. The van der Waals surface area contributed by atoms with E-state index in [4.69, 9.17) is 9.47 Å². The van der Waals surface area contributed by atoms with Crippen LogP contribution in [-0.2, 0) is 9.53 Å². The highest BCUT2D eigenvalue weighted by Gasteiger charge is 2.20. The van der Waals surface area contributed by atoms with E-state index in [0.717, 1.165) is 41.5 Å². The van der Waals surface area contributed by atoms with Crippen molar-refractivity contribution in [1.29, 1.82) is 0 Å². The van der Waals surface area contributed by atoms with E-state index in [0.29, 0.717) is 12.6 Å². The molecule has 4 nitrogen and oxygen atoms in total. The first-order chi connectivity index (χ1) is 11.2. The smallest absolute Gasteiger partial charge is 0.313 e. The predicted octanol–water partition coefficient (Wildman–Crippen LogP) is 3.67. The Kier molecular flexibility index (Phi) is 6.46. The number of halogens is 1. The average Bonchev–Trinajstić information content (AvgIpc) is 3.11. The maximum Gasteiger partial charge on any atom is 0.313 e. The fraction of sp³-hybridized carbons (Fsp3) is 0.421. The Hall–Kier alpha value is -1.78. The third-order valence-electron chi connectivity index (χ3n) is 4.51. The van der Waals surface area contributed by atoms with Crippen LogP contribution in [-0.4, -0.2) is 32.3 Å². The number of rotatable bonds is 5. The normalized spacial score (nSPS) is 18.0. The van der Waals surface area contributed by atoms with Crippen LogP contribution in [0.1, 0.15) is 31.2 Å². The lowest BCUT2D eigenvalue weighted by atomic mass is 9.98. The minimum Gasteiger partial charge on any atom is -0.497 e. The summed E-state index contributed by atoms with van der Waals surface area (Å²) in [5.74, 6) is 0.413. The third kappa shape index (κ3) is 4.19. The monoisotopic (exact) mass is 349 g/mol. The Balaban J connectivity index is 0.00000208. The summed E-state index contributed by atoms with van der Waals surface area (Å²) in [6.45, 7) is 3.38. The molecule has 1 aliphatic heterocycles. The van der Waals surface area contributed by atoms with Gasteiger partial charge in [0.15, 0.2) is 0 Å². The van der Waals surface area contributed by atoms with Crippen molar-refractivity contribution in [3.63, 3.8) is 0 Å². The molecule has 2 atom stereocenters. The molecular formula is C19H24ClNO3. The molecule has 1 fully saturated rings. The highest BCUT2D eigenvalue weighted by molar-refractivity contribution is 5.86. The second-order valence-corrected chi connectivity index (χ2v) is 6.12. The number of ether oxygens (including phenoxy) is 2. The average molecular weight is 350 g/mol. The van der Waals surface area contributed by atoms with Gasteiger partial charge in [-0.3, -0.25) is 4.79 Å². The highest BCUT2D eigenvalue weighted by Crippen LogP contribution is 2.25. The molecule has 1 saturated heterocycles. The minimum atomic E-state index is -0.261. The lowest BCUT2D eigenvalue weighted by Gasteiger charge is -2.15. The molecule has 0 bridgehead atoms. The van der Waals surface area contributed by atoms with Gasteiger partial charge in [-0.25, -0.2) is 0 Å². The maximum absolute atomic E-state index is 12.3. The number of methoxy groups -OCH3 is 1. The molecule has 1 heterocycles. The molecule has 0 radical (unpaired) electrons. The summed E-state index contributed by atoms with van der Waals surface area (Å²) in [4.78, 5) is 12.3. The predicted molar refractivity (Wildman–Crippen MR) is 98.1 cm³/mol. The van der Waals surface area contributed by atoms with Crippen molar-refractivity contribution in [1.82, 2.24) is 5.32 Å². The van der Waals surface area contributed by atoms with Gasteiger partial charge in [-0.15, -0.1) is 12.4 Å². The van der Waals surface area contributed by atoms with Crippen LogP contribution in [0.15, 0.2) is 36.4 Å². The first kappa shape index (κ1) is 18.6. The zero-order valence-electron chi connectivity index (χ0n) is 14.1. The molecule has 5 heteroatoms. The van der Waals surface area contributed by atoms with E-state index in [9.17, 15) is 4.79 Å². The van der Waals surface area contributed by atoms with Gasteiger partial charge in [0.05, 0.1) is 13.0 Å². The zero-order chi connectivity index (χ0) is 16.2. The Bertz CT molecular complexity index is 698. The van der Waals surface area contributed by atoms with Crippen molar-refractivity contribution in [2.75, 3.05) is 20.3 Å². The van der Waals surface area contributed by atoms with Gasteiger partial charge in [0.2, 0.25) is 0 Å². The summed E-state index contributed by atoms with van der Waals surface area (Å²) in [7, 11) is 1.66. The van der Waals surface area contributed by atoms with Crippen molar-refractivity contribution < 1.29 is 14.3 Å². The fourth-order valence-electron chi connectivity index (χ4n) is 2.98. The molecular weight excluding hydrogens is 326 g/mol. The number of carbonyl (C=O) groups is 1. The summed E-state index contributed by atoms with van der Waals surface area (Å²) < 4.78 is 10.7. The van der Waals surface area contributed by atoms with Crippen LogP contribution in [0.25, 0.3) is 10.8 Å². The largest absolute Gasteiger partial charge is 0.497 e. The molecule has 0 aromatic heterocycles. The molecule has 0 aliphatic carbocycles. The minimum absolute atomic E-state index is 0. The van der Waals surface area contributed by atoms with Crippen LogP contribution < -0.4 is 10.1 Å². The quantitative estimate of drug-likeness (QED) is 0.837. The number of esters is 1. The van der Waals surface area contributed by atoms with E-state index in [1.807, 2.05) is 37.3 Å². The van der Waals surface area contributed by atoms with Crippen LogP contribution in [0.5, 0.6) is 5.75 Å². The fourth-order valence-corrected chi connectivity index (χ4v) is 2.98. The number of fused-ring (bicyclic) bond motifs is 1. The Morgan fingerprint density at radius 2 is 2.00 bits per heavy atom. The molecule has 0 amide bonds. The molecule has 3 rings (SSSR count). The van der Waals surface area contributed by atoms with Crippen LogP contribution in [0, 0.1) is 0 Å². The number of nitrogens with one attached hydrogen (secondary N) is 1. The van der Waals surface area contributed by atoms with Gasteiger partial charge < -0.3 is 14.8 Å². The summed E-state index contributed by atoms with van der Waals surface area (Å²) in [6.07, 6.45) is 2.24. The number of hydrogen-bond donors (Lipinski definition) is 1. The Morgan fingerprint density at radius 1 is 1.25 bits per heavy atom. The van der Waals surface area contributed by atoms with Crippen molar-refractivity contribution >= 4 is 29.1 Å². The Labute approximate surface area is 148 Å². The van der Waals surface area contributed by atoms with Crippen molar-refractivity contribution in [2.24, 2.45) is 0 Å². The van der Waals surface area contributed by atoms with E-state index in [1.54, 1.807) is 7.11 Å². The number of carbonyl (C=O) groups excluding carboxylic acids is 1. The summed E-state index contributed by atoms with van der Waals surface area (Å²) in [5.41, 5.74) is 0.979. The molecule has 1 N–H and O–H groups in total. The van der Waals surface area contributed by atoms with Gasteiger partial charge >= 0.3 is 5.97 Å². The third-order valence-corrected chi connectivity index (χ3v) is 4.51. The molecule has 130 valence electrons. The van der Waals surface area contributed by atoms with Gasteiger partial charge in [0.25, 0.3) is 0 Å². The second kappa shape index (κ2) is 8.36. The molecule has 0 saturated carbocycles. The highest BCUT2D eigenvalue weighted by atomic mass is 35.5. The molecule has 2 aromatic rings. The van der Waals surface area contributed by atoms with Gasteiger partial charge in [-0.1, -0.05) is 24.3 Å². The van der Waals surface area contributed by atoms with Gasteiger partial charge in [0, 0.05) is 6.04 Å². The Morgan fingerprint density at radius 3 is 2.71 bits per heavy atom. The molecule has 1 aliphatic rings. The SMILES string of the molecule is COc1ccc2cc(C(C)C(=O)OCC3CCCN3)ccc2c1.Cl. The van der Waals surface area contributed by atoms with Gasteiger partial charge in [-0.2, -0.15) is 0 Å². The molecule has 24 heavy (non-hydrogen) atoms. The maximum atomic E-state index is 12.3. The van der Waals surface area contributed by atoms with Crippen molar-refractivity contribution in [3.8, 4) is 5.75 Å². The first-order valence-electron chi connectivity index (χ1n) is 8.15. The molecule has 2 unspecified atom stereocenters. The van der Waals surface area contributed by atoms with E-state index < -0.39 is 0 Å². The van der Waals surface area contributed by atoms with Crippen molar-refractivity contribution in [2.45, 2.75) is 31.7 Å². The van der Waals surface area contributed by atoms with Crippen LogP contribution in [0.3, 0.4) is 0 Å². The first-order valence-corrected chi connectivity index (χ1v) is 8.15. The van der Waals surface area contributed by atoms with Gasteiger partial charge in [-0.05, 0) is 54.8 Å². The van der Waals surface area contributed by atoms with Crippen LogP contribution >= 0.6 is 12.4 Å². The molecule has 0 spiro atoms. The lowest BCUT2D eigenvalue weighted by molar-refractivity contribution is -0.145. The summed E-state index contributed by atoms with van der Waals surface area (Å²) >= 11 is 0. The summed E-state index contributed by atoms with van der Waals surface area (Å²) in [6, 6.07) is 12.3. The number of hydrogen-bond acceptors (Lipinski definition) is 4. The van der Waals surface area contributed by atoms with E-state index in [-0.39, 0.29) is 24.3 Å². The van der Waals surface area contributed by atoms with Crippen LogP contribution in [0.4, 0.5) is 0 Å². The zero-order valence-corrected chi connectivity index (χ0v) is 14.9.